The Bertz CT molecular complexity index is 649. The quantitative estimate of drug-likeness (QED) is 0.889. The lowest BCUT2D eigenvalue weighted by Crippen LogP contribution is -2.28. The molecule has 0 aliphatic rings. The number of nitrogens with one attached hydrogen (secondary N) is 2. The van der Waals surface area contributed by atoms with Gasteiger partial charge in [0.1, 0.15) is 11.6 Å². The molecule has 3 nitrogen and oxygen atoms in total. The minimum absolute atomic E-state index is 0.0253. The Labute approximate surface area is 125 Å². The molecule has 0 saturated heterocycles. The first kappa shape index (κ1) is 15.4. The van der Waals surface area contributed by atoms with Crippen molar-refractivity contribution in [2.45, 2.75) is 6.54 Å². The second kappa shape index (κ2) is 7.15. The molecule has 0 aromatic heterocycles. The summed E-state index contributed by atoms with van der Waals surface area (Å²) in [6.07, 6.45) is 0. The van der Waals surface area contributed by atoms with Gasteiger partial charge in [-0.05, 0) is 36.4 Å². The van der Waals surface area contributed by atoms with Gasteiger partial charge in [0.25, 0.3) is 0 Å². The van der Waals surface area contributed by atoms with Crippen LogP contribution in [0.3, 0.4) is 0 Å². The van der Waals surface area contributed by atoms with Crippen molar-refractivity contribution in [3.8, 4) is 0 Å². The Kier molecular flexibility index (Phi) is 5.25. The van der Waals surface area contributed by atoms with Gasteiger partial charge in [0, 0.05) is 22.8 Å². The van der Waals surface area contributed by atoms with Crippen molar-refractivity contribution in [1.29, 1.82) is 0 Å². The fourth-order valence-electron chi connectivity index (χ4n) is 1.76. The molecule has 2 N–H and O–H groups in total. The highest BCUT2D eigenvalue weighted by Gasteiger charge is 2.06. The molecule has 0 saturated carbocycles. The summed E-state index contributed by atoms with van der Waals surface area (Å²) < 4.78 is 26.3. The smallest absolute Gasteiger partial charge is 0.238 e. The molecule has 0 bridgehead atoms. The Hall–Kier alpha value is -1.98. The standard InChI is InChI=1S/C15H13ClF2N2O/c16-11-2-1-3-13(7-11)20-15(21)9-19-8-10-6-12(17)4-5-14(10)18/h1-7,19H,8-9H2,(H,20,21). The van der Waals surface area contributed by atoms with Gasteiger partial charge in [-0.2, -0.15) is 0 Å². The van der Waals surface area contributed by atoms with Gasteiger partial charge in [-0.1, -0.05) is 17.7 Å². The van der Waals surface area contributed by atoms with Crippen LogP contribution in [0.15, 0.2) is 42.5 Å². The van der Waals surface area contributed by atoms with Crippen molar-refractivity contribution in [3.05, 3.63) is 64.7 Å². The van der Waals surface area contributed by atoms with E-state index < -0.39 is 11.6 Å². The van der Waals surface area contributed by atoms with Crippen LogP contribution >= 0.6 is 11.6 Å². The predicted molar refractivity (Wildman–Crippen MR) is 78.1 cm³/mol. The van der Waals surface area contributed by atoms with Crippen LogP contribution in [0, 0.1) is 11.6 Å². The van der Waals surface area contributed by atoms with E-state index in [4.69, 9.17) is 11.6 Å². The average molecular weight is 311 g/mol. The summed E-state index contributed by atoms with van der Waals surface area (Å²) in [6.45, 7) is 0.0367. The van der Waals surface area contributed by atoms with Crippen LogP contribution in [0.2, 0.25) is 5.02 Å². The maximum atomic E-state index is 13.4. The van der Waals surface area contributed by atoms with Gasteiger partial charge in [0.2, 0.25) is 5.91 Å². The zero-order valence-electron chi connectivity index (χ0n) is 11.0. The van der Waals surface area contributed by atoms with Gasteiger partial charge in [-0.3, -0.25) is 4.79 Å². The molecule has 0 aliphatic carbocycles. The van der Waals surface area contributed by atoms with Crippen LogP contribution in [0.1, 0.15) is 5.56 Å². The van der Waals surface area contributed by atoms with E-state index in [-0.39, 0.29) is 24.6 Å². The number of hydrogen-bond donors (Lipinski definition) is 2. The predicted octanol–water partition coefficient (Wildman–Crippen LogP) is 3.35. The lowest BCUT2D eigenvalue weighted by Gasteiger charge is -2.08. The topological polar surface area (TPSA) is 41.1 Å². The van der Waals surface area contributed by atoms with Crippen molar-refractivity contribution in [3.63, 3.8) is 0 Å². The highest BCUT2D eigenvalue weighted by Crippen LogP contribution is 2.14. The summed E-state index contributed by atoms with van der Waals surface area (Å²) in [4.78, 5) is 11.7. The highest BCUT2D eigenvalue weighted by atomic mass is 35.5. The molecule has 0 unspecified atom stereocenters. The number of halogens is 3. The molecule has 2 aromatic carbocycles. The molecule has 0 fully saturated rings. The fourth-order valence-corrected chi connectivity index (χ4v) is 1.95. The normalized spacial score (nSPS) is 10.4. The van der Waals surface area contributed by atoms with Crippen molar-refractivity contribution in [1.82, 2.24) is 5.32 Å². The Morgan fingerprint density at radius 2 is 1.95 bits per heavy atom. The van der Waals surface area contributed by atoms with Crippen LogP contribution in [0.5, 0.6) is 0 Å². The van der Waals surface area contributed by atoms with Gasteiger partial charge in [0.05, 0.1) is 6.54 Å². The first-order valence-corrected chi connectivity index (χ1v) is 6.62. The summed E-state index contributed by atoms with van der Waals surface area (Å²) in [6, 6.07) is 9.93. The summed E-state index contributed by atoms with van der Waals surface area (Å²) in [5.41, 5.74) is 0.747. The van der Waals surface area contributed by atoms with E-state index in [2.05, 4.69) is 10.6 Å². The zero-order chi connectivity index (χ0) is 15.2. The highest BCUT2D eigenvalue weighted by molar-refractivity contribution is 6.30. The molecular weight excluding hydrogens is 298 g/mol. The molecule has 2 aromatic rings. The Morgan fingerprint density at radius 1 is 1.14 bits per heavy atom. The lowest BCUT2D eigenvalue weighted by molar-refractivity contribution is -0.115. The summed E-state index contributed by atoms with van der Waals surface area (Å²) in [5, 5.41) is 5.91. The lowest BCUT2D eigenvalue weighted by atomic mass is 10.2. The van der Waals surface area contributed by atoms with Crippen LogP contribution in [-0.2, 0) is 11.3 Å². The van der Waals surface area contributed by atoms with Crippen LogP contribution in [0.4, 0.5) is 14.5 Å². The van der Waals surface area contributed by atoms with Gasteiger partial charge >= 0.3 is 0 Å². The molecule has 0 radical (unpaired) electrons. The minimum atomic E-state index is -0.517. The zero-order valence-corrected chi connectivity index (χ0v) is 11.8. The van der Waals surface area contributed by atoms with Crippen LogP contribution in [0.25, 0.3) is 0 Å². The van der Waals surface area contributed by atoms with Crippen LogP contribution < -0.4 is 10.6 Å². The molecule has 0 spiro atoms. The molecule has 2 rings (SSSR count). The number of carbonyl (C=O) groups is 1. The molecule has 0 heterocycles. The second-order valence-corrected chi connectivity index (χ2v) is 4.83. The van der Waals surface area contributed by atoms with Gasteiger partial charge in [-0.25, -0.2) is 8.78 Å². The van der Waals surface area contributed by atoms with E-state index in [1.54, 1.807) is 24.3 Å². The average Bonchev–Trinajstić information content (AvgIpc) is 2.42. The van der Waals surface area contributed by atoms with Gasteiger partial charge in [-0.15, -0.1) is 0 Å². The summed E-state index contributed by atoms with van der Waals surface area (Å²) in [5.74, 6) is -1.33. The number of anilines is 1. The maximum Gasteiger partial charge on any atom is 0.238 e. The number of amides is 1. The Morgan fingerprint density at radius 3 is 2.71 bits per heavy atom. The molecule has 21 heavy (non-hydrogen) atoms. The largest absolute Gasteiger partial charge is 0.325 e. The molecule has 110 valence electrons. The third kappa shape index (κ3) is 4.81. The number of rotatable bonds is 5. The van der Waals surface area contributed by atoms with Crippen molar-refractivity contribution in [2.75, 3.05) is 11.9 Å². The monoisotopic (exact) mass is 310 g/mol. The molecule has 1 amide bonds. The number of benzene rings is 2. The van der Waals surface area contributed by atoms with E-state index in [1.807, 2.05) is 0 Å². The minimum Gasteiger partial charge on any atom is -0.325 e. The fraction of sp³-hybridized carbons (Fsp3) is 0.133. The molecular formula is C15H13ClF2N2O. The van der Waals surface area contributed by atoms with Crippen LogP contribution in [-0.4, -0.2) is 12.5 Å². The van der Waals surface area contributed by atoms with E-state index in [9.17, 15) is 13.6 Å². The molecule has 6 heteroatoms. The first-order valence-electron chi connectivity index (χ1n) is 6.24. The van der Waals surface area contributed by atoms with E-state index in [0.29, 0.717) is 10.7 Å². The van der Waals surface area contributed by atoms with Crippen molar-refractivity contribution < 1.29 is 13.6 Å². The third-order valence-electron chi connectivity index (χ3n) is 2.72. The van der Waals surface area contributed by atoms with E-state index >= 15 is 0 Å². The van der Waals surface area contributed by atoms with Crippen molar-refractivity contribution in [2.24, 2.45) is 0 Å². The summed E-state index contributed by atoms with van der Waals surface area (Å²) >= 11 is 5.80. The Balaban J connectivity index is 1.83. The second-order valence-electron chi connectivity index (χ2n) is 4.40. The molecule has 0 aliphatic heterocycles. The first-order chi connectivity index (χ1) is 10.0. The maximum absolute atomic E-state index is 13.4. The van der Waals surface area contributed by atoms with E-state index in [0.717, 1.165) is 18.2 Å². The number of carbonyl (C=O) groups excluding carboxylic acids is 1. The van der Waals surface area contributed by atoms with E-state index in [1.165, 1.54) is 0 Å². The molecule has 0 atom stereocenters. The van der Waals surface area contributed by atoms with Gasteiger partial charge in [0.15, 0.2) is 0 Å². The van der Waals surface area contributed by atoms with Crippen molar-refractivity contribution >= 4 is 23.2 Å². The number of hydrogen-bond acceptors (Lipinski definition) is 2. The third-order valence-corrected chi connectivity index (χ3v) is 2.95. The summed E-state index contributed by atoms with van der Waals surface area (Å²) in [7, 11) is 0. The van der Waals surface area contributed by atoms with Gasteiger partial charge < -0.3 is 10.6 Å². The SMILES string of the molecule is O=C(CNCc1cc(F)ccc1F)Nc1cccc(Cl)c1.